The predicted octanol–water partition coefficient (Wildman–Crippen LogP) is 2.78. The fraction of sp³-hybridized carbons (Fsp3) is 0.429. The maximum absolute atomic E-state index is 11.1. The number of nitrogens with one attached hydrogen (secondary N) is 1. The second kappa shape index (κ2) is 4.44. The molecule has 1 aromatic heterocycles. The molecule has 18 heavy (non-hydrogen) atoms. The molecule has 0 aliphatic heterocycles. The van der Waals surface area contributed by atoms with E-state index in [9.17, 15) is 4.79 Å². The Morgan fingerprint density at radius 3 is 2.78 bits per heavy atom. The van der Waals surface area contributed by atoms with E-state index < -0.39 is 11.4 Å². The lowest BCUT2D eigenvalue weighted by atomic mass is 9.89. The minimum atomic E-state index is -0.808. The van der Waals surface area contributed by atoms with Gasteiger partial charge in [0.25, 0.3) is 0 Å². The van der Waals surface area contributed by atoms with Gasteiger partial charge in [0, 0.05) is 6.42 Å². The average Bonchev–Trinajstić information content (AvgIpc) is 2.68. The Labute approximate surface area is 106 Å². The zero-order valence-corrected chi connectivity index (χ0v) is 10.9. The second-order valence-electron chi connectivity index (χ2n) is 5.25. The Kier molecular flexibility index (Phi) is 3.11. The van der Waals surface area contributed by atoms with Gasteiger partial charge in [-0.05, 0) is 38.0 Å². The van der Waals surface area contributed by atoms with Crippen molar-refractivity contribution in [1.82, 2.24) is 9.97 Å². The maximum Gasteiger partial charge on any atom is 0.309 e. The zero-order chi connectivity index (χ0) is 13.3. The summed E-state index contributed by atoms with van der Waals surface area (Å²) in [6, 6.07) is 6.09. The molecule has 1 aromatic carbocycles. The third-order valence-corrected chi connectivity index (χ3v) is 3.19. The number of aromatic amines is 1. The van der Waals surface area contributed by atoms with Gasteiger partial charge in [0.2, 0.25) is 0 Å². The van der Waals surface area contributed by atoms with Gasteiger partial charge in [0.05, 0.1) is 16.4 Å². The molecule has 4 nitrogen and oxygen atoms in total. The predicted molar refractivity (Wildman–Crippen MR) is 70.6 cm³/mol. The van der Waals surface area contributed by atoms with E-state index in [0.717, 1.165) is 23.3 Å². The Bertz CT molecular complexity index is 584. The van der Waals surface area contributed by atoms with Crippen molar-refractivity contribution in [3.05, 3.63) is 29.6 Å². The third kappa shape index (κ3) is 2.37. The number of aromatic nitrogens is 2. The molecule has 4 heteroatoms. The van der Waals surface area contributed by atoms with E-state index in [2.05, 4.69) is 29.0 Å². The summed E-state index contributed by atoms with van der Waals surface area (Å²) in [6.07, 6.45) is 1.38. The molecule has 0 bridgehead atoms. The summed E-state index contributed by atoms with van der Waals surface area (Å²) < 4.78 is 0. The number of nitrogens with zero attached hydrogens (tertiary/aromatic N) is 1. The van der Waals surface area contributed by atoms with Crippen LogP contribution in [0.25, 0.3) is 11.0 Å². The molecule has 0 radical (unpaired) electrons. The number of fused-ring (bicyclic) bond motifs is 1. The van der Waals surface area contributed by atoms with Crippen molar-refractivity contribution in [2.45, 2.75) is 33.6 Å². The number of benzene rings is 1. The van der Waals surface area contributed by atoms with Crippen molar-refractivity contribution in [3.63, 3.8) is 0 Å². The zero-order valence-electron chi connectivity index (χ0n) is 10.9. The number of carbonyl (C=O) groups is 1. The largest absolute Gasteiger partial charge is 0.481 e. The molecule has 1 heterocycles. The first kappa shape index (κ1) is 12.6. The quantitative estimate of drug-likeness (QED) is 0.871. The van der Waals surface area contributed by atoms with Gasteiger partial charge < -0.3 is 10.1 Å². The number of rotatable bonds is 4. The van der Waals surface area contributed by atoms with Gasteiger partial charge in [0.1, 0.15) is 5.82 Å². The number of aryl methyl sites for hydroxylation is 1. The molecule has 0 spiro atoms. The number of carboxylic acid groups (broad SMARTS) is 1. The van der Waals surface area contributed by atoms with Gasteiger partial charge in [-0.3, -0.25) is 4.79 Å². The number of H-pyrrole nitrogens is 1. The van der Waals surface area contributed by atoms with Crippen LogP contribution < -0.4 is 0 Å². The van der Waals surface area contributed by atoms with E-state index in [1.54, 1.807) is 13.8 Å². The van der Waals surface area contributed by atoms with E-state index in [1.165, 1.54) is 5.56 Å². The average molecular weight is 246 g/mol. The first-order valence-electron chi connectivity index (χ1n) is 6.13. The number of aliphatic carboxylic acids is 1. The lowest BCUT2D eigenvalue weighted by Crippen LogP contribution is -2.26. The fourth-order valence-corrected chi connectivity index (χ4v) is 1.91. The topological polar surface area (TPSA) is 66.0 Å². The highest BCUT2D eigenvalue weighted by molar-refractivity contribution is 5.77. The van der Waals surface area contributed by atoms with E-state index in [0.29, 0.717) is 6.42 Å². The smallest absolute Gasteiger partial charge is 0.309 e. The van der Waals surface area contributed by atoms with Crippen molar-refractivity contribution in [3.8, 4) is 0 Å². The molecule has 2 N–H and O–H groups in total. The van der Waals surface area contributed by atoms with Crippen LogP contribution in [0, 0.1) is 5.41 Å². The van der Waals surface area contributed by atoms with Crippen LogP contribution in [0.5, 0.6) is 0 Å². The van der Waals surface area contributed by atoms with E-state index in [-0.39, 0.29) is 0 Å². The number of hydrogen-bond acceptors (Lipinski definition) is 2. The summed E-state index contributed by atoms with van der Waals surface area (Å²) in [5.41, 5.74) is 2.31. The van der Waals surface area contributed by atoms with Crippen molar-refractivity contribution < 1.29 is 9.90 Å². The Balaban J connectivity index is 2.33. The molecule has 96 valence electrons. The number of hydrogen-bond donors (Lipinski definition) is 2. The van der Waals surface area contributed by atoms with Gasteiger partial charge in [-0.15, -0.1) is 0 Å². The van der Waals surface area contributed by atoms with E-state index in [4.69, 9.17) is 5.11 Å². The summed E-state index contributed by atoms with van der Waals surface area (Å²) in [7, 11) is 0. The molecule has 0 unspecified atom stereocenters. The minimum absolute atomic E-state index is 0.401. The first-order chi connectivity index (χ1) is 8.42. The van der Waals surface area contributed by atoms with Crippen LogP contribution >= 0.6 is 0 Å². The lowest BCUT2D eigenvalue weighted by Gasteiger charge is -2.16. The van der Waals surface area contributed by atoms with Gasteiger partial charge in [-0.2, -0.15) is 0 Å². The maximum atomic E-state index is 11.1. The van der Waals surface area contributed by atoms with Crippen LogP contribution in [-0.4, -0.2) is 21.0 Å². The molecule has 0 fully saturated rings. The molecule has 0 atom stereocenters. The van der Waals surface area contributed by atoms with Crippen LogP contribution in [0.1, 0.15) is 32.2 Å². The Morgan fingerprint density at radius 2 is 2.17 bits per heavy atom. The van der Waals surface area contributed by atoms with Crippen molar-refractivity contribution in [2.24, 2.45) is 5.41 Å². The summed E-state index contributed by atoms with van der Waals surface area (Å²) in [5.74, 6) is -0.0807. The molecule has 2 aromatic rings. The molecule has 0 aliphatic rings. The van der Waals surface area contributed by atoms with Crippen LogP contribution in [0.15, 0.2) is 18.2 Å². The van der Waals surface area contributed by atoms with Crippen molar-refractivity contribution in [1.29, 1.82) is 0 Å². The first-order valence-corrected chi connectivity index (χ1v) is 6.13. The monoisotopic (exact) mass is 246 g/mol. The van der Waals surface area contributed by atoms with Crippen molar-refractivity contribution >= 4 is 17.0 Å². The summed E-state index contributed by atoms with van der Waals surface area (Å²) >= 11 is 0. The van der Waals surface area contributed by atoms with Gasteiger partial charge in [0.15, 0.2) is 0 Å². The third-order valence-electron chi connectivity index (χ3n) is 3.19. The van der Waals surface area contributed by atoms with Gasteiger partial charge >= 0.3 is 5.97 Å². The highest BCUT2D eigenvalue weighted by Crippen LogP contribution is 2.22. The van der Waals surface area contributed by atoms with Gasteiger partial charge in [-0.1, -0.05) is 13.0 Å². The van der Waals surface area contributed by atoms with Crippen LogP contribution in [-0.2, 0) is 17.6 Å². The molecule has 0 saturated carbocycles. The van der Waals surface area contributed by atoms with Crippen LogP contribution in [0.4, 0.5) is 0 Å². The standard InChI is InChI=1S/C14H18N2O2/c1-4-9-5-6-10-11(7-9)16-12(15-10)8-14(2,3)13(17)18/h5-7H,4,8H2,1-3H3,(H,15,16)(H,17,18). The molecule has 0 amide bonds. The summed E-state index contributed by atoms with van der Waals surface area (Å²) in [4.78, 5) is 18.7. The molecular formula is C14H18N2O2. The number of carboxylic acids is 1. The SMILES string of the molecule is CCc1ccc2nc(CC(C)(C)C(=O)O)[nH]c2c1. The summed E-state index contributed by atoms with van der Waals surface area (Å²) in [5, 5.41) is 9.12. The van der Waals surface area contributed by atoms with Crippen LogP contribution in [0.3, 0.4) is 0 Å². The molecule has 2 rings (SSSR count). The Morgan fingerprint density at radius 1 is 1.44 bits per heavy atom. The minimum Gasteiger partial charge on any atom is -0.481 e. The lowest BCUT2D eigenvalue weighted by molar-refractivity contribution is -0.146. The van der Waals surface area contributed by atoms with Crippen LogP contribution in [0.2, 0.25) is 0 Å². The summed E-state index contributed by atoms with van der Waals surface area (Å²) in [6.45, 7) is 5.52. The highest BCUT2D eigenvalue weighted by atomic mass is 16.4. The second-order valence-corrected chi connectivity index (χ2v) is 5.25. The fourth-order valence-electron chi connectivity index (χ4n) is 1.91. The number of imidazole rings is 1. The van der Waals surface area contributed by atoms with Crippen molar-refractivity contribution in [2.75, 3.05) is 0 Å². The molecule has 0 aliphatic carbocycles. The van der Waals surface area contributed by atoms with E-state index >= 15 is 0 Å². The molecular weight excluding hydrogens is 228 g/mol. The normalized spacial score (nSPS) is 11.9. The van der Waals surface area contributed by atoms with Gasteiger partial charge in [-0.25, -0.2) is 4.98 Å². The Hall–Kier alpha value is -1.84. The highest BCUT2D eigenvalue weighted by Gasteiger charge is 2.28. The van der Waals surface area contributed by atoms with E-state index in [1.807, 2.05) is 6.07 Å². The molecule has 0 saturated heterocycles.